The molecule has 0 saturated carbocycles. The van der Waals surface area contributed by atoms with Crippen LogP contribution in [0.3, 0.4) is 0 Å². The highest BCUT2D eigenvalue weighted by molar-refractivity contribution is 6.05. The van der Waals surface area contributed by atoms with Crippen LogP contribution in [0.5, 0.6) is 5.75 Å². The van der Waals surface area contributed by atoms with Crippen molar-refractivity contribution in [3.8, 4) is 5.75 Å². The van der Waals surface area contributed by atoms with Crippen LogP contribution in [-0.4, -0.2) is 25.6 Å². The largest absolute Gasteiger partial charge is 0.495 e. The molecule has 1 amide bonds. The Morgan fingerprint density at radius 2 is 2.09 bits per heavy atom. The number of nitrogens with one attached hydrogen (secondary N) is 1. The molecular formula is C16H17NO5. The van der Waals surface area contributed by atoms with Gasteiger partial charge < -0.3 is 19.5 Å². The van der Waals surface area contributed by atoms with Crippen molar-refractivity contribution >= 4 is 17.6 Å². The lowest BCUT2D eigenvalue weighted by atomic mass is 10.1. The number of benzene rings is 1. The lowest BCUT2D eigenvalue weighted by Crippen LogP contribution is -2.15. The highest BCUT2D eigenvalue weighted by atomic mass is 16.5. The van der Waals surface area contributed by atoms with Gasteiger partial charge in [0, 0.05) is 19.4 Å². The molecule has 0 aromatic heterocycles. The molecule has 1 heterocycles. The maximum atomic E-state index is 12.3. The molecule has 6 nitrogen and oxygen atoms in total. The number of ether oxygens (including phenoxy) is 3. The quantitative estimate of drug-likeness (QED) is 0.668. The number of carbonyl (C=O) groups is 2. The minimum atomic E-state index is -0.435. The van der Waals surface area contributed by atoms with Crippen molar-refractivity contribution in [3.63, 3.8) is 0 Å². The summed E-state index contributed by atoms with van der Waals surface area (Å²) in [5.74, 6) is 0.264. The molecule has 0 aliphatic carbocycles. The number of esters is 1. The van der Waals surface area contributed by atoms with Gasteiger partial charge in [-0.25, -0.2) is 0 Å². The SMILES string of the molecule is COc1ccccc1NC(=O)C1=C(/C=C\OC(C)=O)OCC1. The van der Waals surface area contributed by atoms with Crippen LogP contribution < -0.4 is 10.1 Å². The maximum absolute atomic E-state index is 12.3. The van der Waals surface area contributed by atoms with Gasteiger partial charge in [0.05, 0.1) is 31.2 Å². The van der Waals surface area contributed by atoms with Gasteiger partial charge in [-0.3, -0.25) is 9.59 Å². The van der Waals surface area contributed by atoms with Crippen LogP contribution in [-0.2, 0) is 19.1 Å². The number of rotatable bonds is 5. The van der Waals surface area contributed by atoms with Crippen LogP contribution in [0.15, 0.2) is 47.9 Å². The fourth-order valence-electron chi connectivity index (χ4n) is 1.98. The van der Waals surface area contributed by atoms with E-state index < -0.39 is 5.97 Å². The third kappa shape index (κ3) is 3.88. The number of allylic oxidation sites excluding steroid dienone is 1. The second-order valence-corrected chi connectivity index (χ2v) is 4.51. The minimum Gasteiger partial charge on any atom is -0.495 e. The van der Waals surface area contributed by atoms with Crippen LogP contribution in [0, 0.1) is 0 Å². The van der Waals surface area contributed by atoms with Crippen LogP contribution in [0.4, 0.5) is 5.69 Å². The zero-order valence-electron chi connectivity index (χ0n) is 12.4. The third-order valence-electron chi connectivity index (χ3n) is 2.99. The molecule has 1 aromatic carbocycles. The number of hydrogen-bond donors (Lipinski definition) is 1. The van der Waals surface area contributed by atoms with E-state index in [0.717, 1.165) is 0 Å². The number of amides is 1. The van der Waals surface area contributed by atoms with E-state index in [4.69, 9.17) is 14.2 Å². The van der Waals surface area contributed by atoms with Crippen LogP contribution in [0.2, 0.25) is 0 Å². The second kappa shape index (κ2) is 7.31. The lowest BCUT2D eigenvalue weighted by Gasteiger charge is -2.10. The Balaban J connectivity index is 2.13. The van der Waals surface area contributed by atoms with E-state index in [9.17, 15) is 9.59 Å². The summed E-state index contributed by atoms with van der Waals surface area (Å²) in [7, 11) is 1.54. The van der Waals surface area contributed by atoms with Gasteiger partial charge in [-0.2, -0.15) is 0 Å². The zero-order valence-corrected chi connectivity index (χ0v) is 12.4. The van der Waals surface area contributed by atoms with Gasteiger partial charge in [0.15, 0.2) is 0 Å². The van der Waals surface area contributed by atoms with Crippen LogP contribution >= 0.6 is 0 Å². The molecule has 1 aromatic rings. The Morgan fingerprint density at radius 1 is 1.32 bits per heavy atom. The van der Waals surface area contributed by atoms with E-state index in [0.29, 0.717) is 35.8 Å². The standard InChI is InChI=1S/C16H17NO5/c1-11(18)21-10-8-14-12(7-9-22-14)16(19)17-13-5-3-4-6-15(13)20-2/h3-6,8,10H,7,9H2,1-2H3,(H,17,19)/b10-8-. The van der Waals surface area contributed by atoms with Gasteiger partial charge >= 0.3 is 5.97 Å². The van der Waals surface area contributed by atoms with E-state index in [1.165, 1.54) is 26.4 Å². The van der Waals surface area contributed by atoms with Crippen LogP contribution in [0.25, 0.3) is 0 Å². The van der Waals surface area contributed by atoms with Gasteiger partial charge in [-0.15, -0.1) is 0 Å². The zero-order chi connectivity index (χ0) is 15.9. The van der Waals surface area contributed by atoms with Crippen molar-refractivity contribution in [2.45, 2.75) is 13.3 Å². The molecule has 0 unspecified atom stereocenters. The molecule has 116 valence electrons. The monoisotopic (exact) mass is 303 g/mol. The normalized spacial score (nSPS) is 13.9. The Kier molecular flexibility index (Phi) is 5.19. The first-order valence-corrected chi connectivity index (χ1v) is 6.76. The van der Waals surface area contributed by atoms with Gasteiger partial charge in [0.2, 0.25) is 0 Å². The molecule has 1 aliphatic heterocycles. The predicted octanol–water partition coefficient (Wildman–Crippen LogP) is 2.38. The summed E-state index contributed by atoms with van der Waals surface area (Å²) in [6.45, 7) is 1.71. The first kappa shape index (κ1) is 15.6. The summed E-state index contributed by atoms with van der Waals surface area (Å²) >= 11 is 0. The highest BCUT2D eigenvalue weighted by Gasteiger charge is 2.22. The van der Waals surface area contributed by atoms with Gasteiger partial charge in [0.1, 0.15) is 11.5 Å². The van der Waals surface area contributed by atoms with E-state index in [1.54, 1.807) is 18.2 Å². The topological polar surface area (TPSA) is 73.9 Å². The van der Waals surface area contributed by atoms with E-state index in [-0.39, 0.29) is 5.91 Å². The molecule has 0 spiro atoms. The fourth-order valence-corrected chi connectivity index (χ4v) is 1.98. The highest BCUT2D eigenvalue weighted by Crippen LogP contribution is 2.26. The number of carbonyl (C=O) groups excluding carboxylic acids is 2. The number of para-hydroxylation sites is 2. The molecule has 0 saturated heterocycles. The molecule has 22 heavy (non-hydrogen) atoms. The average molecular weight is 303 g/mol. The van der Waals surface area contributed by atoms with Gasteiger partial charge in [-0.05, 0) is 12.1 Å². The molecule has 0 atom stereocenters. The third-order valence-corrected chi connectivity index (χ3v) is 2.99. The smallest absolute Gasteiger partial charge is 0.307 e. The molecule has 1 N–H and O–H groups in total. The fraction of sp³-hybridized carbons (Fsp3) is 0.250. The first-order valence-electron chi connectivity index (χ1n) is 6.76. The maximum Gasteiger partial charge on any atom is 0.307 e. The lowest BCUT2D eigenvalue weighted by molar-refractivity contribution is -0.135. The summed E-state index contributed by atoms with van der Waals surface area (Å²) in [5, 5.41) is 2.79. The summed E-state index contributed by atoms with van der Waals surface area (Å²) in [6, 6.07) is 7.14. The van der Waals surface area contributed by atoms with E-state index in [1.807, 2.05) is 6.07 Å². The number of methoxy groups -OCH3 is 1. The number of hydrogen-bond acceptors (Lipinski definition) is 5. The Labute approximate surface area is 128 Å². The first-order chi connectivity index (χ1) is 10.6. The summed E-state index contributed by atoms with van der Waals surface area (Å²) in [5.41, 5.74) is 1.08. The summed E-state index contributed by atoms with van der Waals surface area (Å²) < 4.78 is 15.3. The molecule has 0 fully saturated rings. The summed E-state index contributed by atoms with van der Waals surface area (Å²) in [6.07, 6.45) is 3.16. The molecule has 1 aliphatic rings. The number of anilines is 1. The van der Waals surface area contributed by atoms with Crippen molar-refractivity contribution in [1.29, 1.82) is 0 Å². The average Bonchev–Trinajstić information content (AvgIpc) is 2.96. The Morgan fingerprint density at radius 3 is 2.82 bits per heavy atom. The minimum absolute atomic E-state index is 0.274. The molecule has 6 heteroatoms. The van der Waals surface area contributed by atoms with Gasteiger partial charge in [0.25, 0.3) is 5.91 Å². The van der Waals surface area contributed by atoms with Crippen molar-refractivity contribution in [1.82, 2.24) is 0 Å². The van der Waals surface area contributed by atoms with Crippen molar-refractivity contribution in [3.05, 3.63) is 47.9 Å². The van der Waals surface area contributed by atoms with Crippen molar-refractivity contribution < 1.29 is 23.8 Å². The second-order valence-electron chi connectivity index (χ2n) is 4.51. The molecule has 2 rings (SSSR count). The van der Waals surface area contributed by atoms with Crippen molar-refractivity contribution in [2.24, 2.45) is 0 Å². The molecular weight excluding hydrogens is 286 g/mol. The Hall–Kier alpha value is -2.76. The van der Waals surface area contributed by atoms with Crippen molar-refractivity contribution in [2.75, 3.05) is 19.0 Å². The molecule has 0 bridgehead atoms. The summed E-state index contributed by atoms with van der Waals surface area (Å²) in [4.78, 5) is 23.1. The van der Waals surface area contributed by atoms with Crippen LogP contribution in [0.1, 0.15) is 13.3 Å². The van der Waals surface area contributed by atoms with E-state index in [2.05, 4.69) is 5.32 Å². The van der Waals surface area contributed by atoms with Gasteiger partial charge in [-0.1, -0.05) is 12.1 Å². The van der Waals surface area contributed by atoms with E-state index >= 15 is 0 Å². The predicted molar refractivity (Wildman–Crippen MR) is 80.1 cm³/mol. The Bertz CT molecular complexity index is 633. The molecule has 0 radical (unpaired) electrons.